The lowest BCUT2D eigenvalue weighted by atomic mass is 10.2. The van der Waals surface area contributed by atoms with Crippen molar-refractivity contribution < 1.29 is 32.3 Å². The Kier molecular flexibility index (Phi) is 2.89. The minimum atomic E-state index is -5.14. The molecule has 0 bridgehead atoms. The highest BCUT2D eigenvalue weighted by atomic mass is 19.4. The molecule has 0 saturated carbocycles. The van der Waals surface area contributed by atoms with Crippen LogP contribution in [0.15, 0.2) is 22.7 Å². The average Bonchev–Trinajstić information content (AvgIpc) is 2.67. The van der Waals surface area contributed by atoms with Gasteiger partial charge in [-0.2, -0.15) is 13.2 Å². The van der Waals surface area contributed by atoms with E-state index in [4.69, 9.17) is 9.52 Å². The molecule has 2 aromatic heterocycles. The molecular weight excluding hydrogens is 269 g/mol. The number of carbonyl (C=O) groups is 2. The Labute approximate surface area is 102 Å². The molecule has 0 unspecified atom stereocenters. The van der Waals surface area contributed by atoms with Gasteiger partial charge in [0, 0.05) is 6.20 Å². The summed E-state index contributed by atoms with van der Waals surface area (Å²) in [6.45, 7) is 0. The molecule has 0 aliphatic heterocycles. The number of nitrogens with zero attached hydrogens (tertiary/aromatic N) is 1. The maximum absolute atomic E-state index is 12.2. The highest BCUT2D eigenvalue weighted by Gasteiger charge is 2.40. The van der Waals surface area contributed by atoms with Crippen LogP contribution in [0.4, 0.5) is 18.9 Å². The van der Waals surface area contributed by atoms with Crippen molar-refractivity contribution in [3.05, 3.63) is 24.1 Å². The number of carboxylic acid groups (broad SMARTS) is 1. The summed E-state index contributed by atoms with van der Waals surface area (Å²) in [6.07, 6.45) is -3.87. The minimum absolute atomic E-state index is 0.0301. The van der Waals surface area contributed by atoms with Crippen molar-refractivity contribution in [1.82, 2.24) is 4.98 Å². The molecule has 0 fully saturated rings. The number of hydrogen-bond acceptors (Lipinski definition) is 4. The standard InChI is InChI=1S/C10H5F3N2O4/c11-10(12,13)9(18)15-5-4-2-1-3-14-7(4)19-6(5)8(16)17/h1-3H,(H,15,18)(H,16,17). The number of alkyl halides is 3. The second-order valence-electron chi connectivity index (χ2n) is 3.42. The lowest BCUT2D eigenvalue weighted by Crippen LogP contribution is -2.30. The normalized spacial score (nSPS) is 11.5. The molecule has 1 amide bonds. The molecule has 0 aromatic carbocycles. The number of amides is 1. The predicted molar refractivity (Wildman–Crippen MR) is 55.7 cm³/mol. The van der Waals surface area contributed by atoms with Gasteiger partial charge in [-0.15, -0.1) is 0 Å². The third kappa shape index (κ3) is 2.34. The van der Waals surface area contributed by atoms with E-state index in [1.54, 1.807) is 0 Å². The number of carboxylic acids is 1. The summed E-state index contributed by atoms with van der Waals surface area (Å²) in [6, 6.07) is 2.65. The first kappa shape index (κ1) is 12.9. The Morgan fingerprint density at radius 2 is 2.05 bits per heavy atom. The zero-order valence-corrected chi connectivity index (χ0v) is 8.99. The van der Waals surface area contributed by atoms with Crippen molar-refractivity contribution >= 4 is 28.7 Å². The minimum Gasteiger partial charge on any atom is -0.475 e. The molecule has 2 aromatic rings. The van der Waals surface area contributed by atoms with Gasteiger partial charge in [0.15, 0.2) is 0 Å². The topological polar surface area (TPSA) is 92.4 Å². The van der Waals surface area contributed by atoms with Crippen LogP contribution >= 0.6 is 0 Å². The molecule has 0 radical (unpaired) electrons. The van der Waals surface area contributed by atoms with Crippen molar-refractivity contribution in [3.63, 3.8) is 0 Å². The number of hydrogen-bond donors (Lipinski definition) is 2. The van der Waals surface area contributed by atoms with E-state index >= 15 is 0 Å². The van der Waals surface area contributed by atoms with E-state index in [0.29, 0.717) is 0 Å². The van der Waals surface area contributed by atoms with Crippen molar-refractivity contribution in [2.45, 2.75) is 6.18 Å². The summed E-state index contributed by atoms with van der Waals surface area (Å²) in [5.74, 6) is -4.72. The zero-order valence-electron chi connectivity index (χ0n) is 8.99. The van der Waals surface area contributed by atoms with Gasteiger partial charge in [-0.05, 0) is 12.1 Å². The van der Waals surface area contributed by atoms with Gasteiger partial charge in [0.05, 0.1) is 5.39 Å². The molecule has 2 N–H and O–H groups in total. The summed E-state index contributed by atoms with van der Waals surface area (Å²) in [5.41, 5.74) is -0.754. The lowest BCUT2D eigenvalue weighted by Gasteiger charge is -2.06. The van der Waals surface area contributed by atoms with Crippen LogP contribution in [-0.4, -0.2) is 28.1 Å². The highest BCUT2D eigenvalue weighted by Crippen LogP contribution is 2.31. The van der Waals surface area contributed by atoms with Gasteiger partial charge in [-0.1, -0.05) is 0 Å². The SMILES string of the molecule is O=C(O)c1oc2ncccc2c1NC(=O)C(F)(F)F. The number of halogens is 3. The lowest BCUT2D eigenvalue weighted by molar-refractivity contribution is -0.167. The van der Waals surface area contributed by atoms with Crippen molar-refractivity contribution in [3.8, 4) is 0 Å². The number of fused-ring (bicyclic) bond motifs is 1. The molecule has 2 heterocycles. The molecule has 6 nitrogen and oxygen atoms in total. The van der Waals surface area contributed by atoms with Crippen LogP contribution in [-0.2, 0) is 4.79 Å². The average molecular weight is 274 g/mol. The smallest absolute Gasteiger partial charge is 0.471 e. The van der Waals surface area contributed by atoms with Gasteiger partial charge in [0.2, 0.25) is 11.5 Å². The van der Waals surface area contributed by atoms with Crippen LogP contribution in [0.25, 0.3) is 11.1 Å². The van der Waals surface area contributed by atoms with E-state index in [0.717, 1.165) is 0 Å². The van der Waals surface area contributed by atoms with Gasteiger partial charge >= 0.3 is 18.1 Å². The second kappa shape index (κ2) is 4.26. The number of nitrogens with one attached hydrogen (secondary N) is 1. The highest BCUT2D eigenvalue weighted by molar-refractivity contribution is 6.09. The van der Waals surface area contributed by atoms with Gasteiger partial charge in [0.1, 0.15) is 5.69 Å². The first-order chi connectivity index (χ1) is 8.80. The van der Waals surface area contributed by atoms with Gasteiger partial charge in [-0.3, -0.25) is 4.79 Å². The summed E-state index contributed by atoms with van der Waals surface area (Å²) in [4.78, 5) is 25.4. The third-order valence-corrected chi connectivity index (χ3v) is 2.16. The zero-order chi connectivity index (χ0) is 14.2. The number of anilines is 1. The fraction of sp³-hybridized carbons (Fsp3) is 0.100. The van der Waals surface area contributed by atoms with Crippen LogP contribution in [0.1, 0.15) is 10.6 Å². The van der Waals surface area contributed by atoms with Crippen LogP contribution in [0, 0.1) is 0 Å². The largest absolute Gasteiger partial charge is 0.475 e. The monoisotopic (exact) mass is 274 g/mol. The van der Waals surface area contributed by atoms with Crippen LogP contribution < -0.4 is 5.32 Å². The molecule has 100 valence electrons. The summed E-state index contributed by atoms with van der Waals surface area (Å²) >= 11 is 0. The molecule has 0 aliphatic rings. The molecular formula is C10H5F3N2O4. The number of rotatable bonds is 2. The number of aromatic carboxylic acids is 1. The first-order valence-electron chi connectivity index (χ1n) is 4.79. The van der Waals surface area contributed by atoms with Crippen molar-refractivity contribution in [2.75, 3.05) is 5.32 Å². The maximum Gasteiger partial charge on any atom is 0.471 e. The van der Waals surface area contributed by atoms with Gasteiger partial charge < -0.3 is 14.8 Å². The number of aromatic nitrogens is 1. The third-order valence-electron chi connectivity index (χ3n) is 2.16. The number of carbonyl (C=O) groups excluding carboxylic acids is 1. The molecule has 0 atom stereocenters. The predicted octanol–water partition coefficient (Wildman–Crippen LogP) is 2.03. The molecule has 9 heteroatoms. The van der Waals surface area contributed by atoms with Crippen molar-refractivity contribution in [1.29, 1.82) is 0 Å². The molecule has 0 saturated heterocycles. The molecule has 19 heavy (non-hydrogen) atoms. The Morgan fingerprint density at radius 1 is 1.37 bits per heavy atom. The molecule has 0 spiro atoms. The Balaban J connectivity index is 2.54. The fourth-order valence-electron chi connectivity index (χ4n) is 1.39. The maximum atomic E-state index is 12.2. The Bertz CT molecular complexity index is 662. The summed E-state index contributed by atoms with van der Waals surface area (Å²) in [5, 5.41) is 10.3. The van der Waals surface area contributed by atoms with Crippen LogP contribution in [0.5, 0.6) is 0 Å². The quantitative estimate of drug-likeness (QED) is 0.874. The Morgan fingerprint density at radius 3 is 2.63 bits per heavy atom. The second-order valence-corrected chi connectivity index (χ2v) is 3.42. The molecule has 2 rings (SSSR count). The van der Waals surface area contributed by atoms with Crippen LogP contribution in [0.2, 0.25) is 0 Å². The Hall–Kier alpha value is -2.58. The van der Waals surface area contributed by atoms with Crippen molar-refractivity contribution in [2.24, 2.45) is 0 Å². The van der Waals surface area contributed by atoms with E-state index in [-0.39, 0.29) is 11.1 Å². The van der Waals surface area contributed by atoms with E-state index in [9.17, 15) is 22.8 Å². The fourth-order valence-corrected chi connectivity index (χ4v) is 1.39. The first-order valence-corrected chi connectivity index (χ1v) is 4.79. The number of furan rings is 1. The summed E-state index contributed by atoms with van der Waals surface area (Å²) in [7, 11) is 0. The van der Waals surface area contributed by atoms with Gasteiger partial charge in [0.25, 0.3) is 0 Å². The molecule has 0 aliphatic carbocycles. The number of pyridine rings is 1. The van der Waals surface area contributed by atoms with Gasteiger partial charge in [-0.25, -0.2) is 9.78 Å². The van der Waals surface area contributed by atoms with E-state index < -0.39 is 29.5 Å². The van der Waals surface area contributed by atoms with E-state index in [1.807, 2.05) is 0 Å². The summed E-state index contributed by atoms with van der Waals surface area (Å²) < 4.78 is 41.3. The van der Waals surface area contributed by atoms with Crippen LogP contribution in [0.3, 0.4) is 0 Å². The van der Waals surface area contributed by atoms with E-state index in [1.165, 1.54) is 23.6 Å². The van der Waals surface area contributed by atoms with E-state index in [2.05, 4.69) is 4.98 Å².